The fourth-order valence-electron chi connectivity index (χ4n) is 1.34. The van der Waals surface area contributed by atoms with Crippen LogP contribution in [-0.2, 0) is 0 Å². The van der Waals surface area contributed by atoms with Gasteiger partial charge in [0.25, 0.3) is 0 Å². The molecule has 0 bridgehead atoms. The van der Waals surface area contributed by atoms with E-state index in [0.717, 1.165) is 12.1 Å². The second-order valence-electron chi connectivity index (χ2n) is 3.58. The summed E-state index contributed by atoms with van der Waals surface area (Å²) in [5, 5.41) is 11.2. The van der Waals surface area contributed by atoms with E-state index < -0.39 is 11.6 Å². The molecule has 0 radical (unpaired) electrons. The Labute approximate surface area is 102 Å². The third-order valence-electron chi connectivity index (χ3n) is 2.26. The second-order valence-corrected chi connectivity index (χ2v) is 3.58. The summed E-state index contributed by atoms with van der Waals surface area (Å²) in [6, 6.07) is 5.34. The van der Waals surface area contributed by atoms with Gasteiger partial charge in [-0.15, -0.1) is 0 Å². The number of nitrogens with one attached hydrogen (secondary N) is 1. The summed E-state index contributed by atoms with van der Waals surface area (Å²) in [6.07, 6.45) is 1.36. The summed E-state index contributed by atoms with van der Waals surface area (Å²) in [5.74, 6) is -1.11. The van der Waals surface area contributed by atoms with Gasteiger partial charge in [-0.05, 0) is 24.6 Å². The van der Waals surface area contributed by atoms with Gasteiger partial charge in [0, 0.05) is 12.3 Å². The Morgan fingerprint density at radius 3 is 2.78 bits per heavy atom. The highest BCUT2D eigenvalue weighted by Gasteiger charge is 2.08. The van der Waals surface area contributed by atoms with Crippen LogP contribution in [0.5, 0.6) is 0 Å². The van der Waals surface area contributed by atoms with Crippen molar-refractivity contribution < 1.29 is 8.78 Å². The van der Waals surface area contributed by atoms with Crippen molar-refractivity contribution in [3.8, 4) is 6.07 Å². The molecule has 0 aliphatic heterocycles. The molecule has 0 aliphatic carbocycles. The smallest absolute Gasteiger partial charge is 0.228 e. The van der Waals surface area contributed by atoms with E-state index >= 15 is 0 Å². The number of benzene rings is 1. The number of aromatic nitrogens is 2. The predicted molar refractivity (Wildman–Crippen MR) is 61.1 cm³/mol. The highest BCUT2D eigenvalue weighted by atomic mass is 19.1. The lowest BCUT2D eigenvalue weighted by molar-refractivity contribution is 0.595. The van der Waals surface area contributed by atoms with Crippen molar-refractivity contribution in [1.29, 1.82) is 5.26 Å². The molecule has 18 heavy (non-hydrogen) atoms. The molecule has 6 heteroatoms. The Bertz CT molecular complexity index is 634. The molecule has 0 fully saturated rings. The number of halogens is 2. The Morgan fingerprint density at radius 2 is 2.06 bits per heavy atom. The average Bonchev–Trinajstić information content (AvgIpc) is 2.36. The minimum atomic E-state index is -0.611. The van der Waals surface area contributed by atoms with E-state index in [2.05, 4.69) is 15.3 Å². The summed E-state index contributed by atoms with van der Waals surface area (Å²) in [6.45, 7) is 1.47. The first-order valence-electron chi connectivity index (χ1n) is 5.06. The molecular formula is C12H8F2N4. The maximum Gasteiger partial charge on any atom is 0.228 e. The fraction of sp³-hybridized carbons (Fsp3) is 0.0833. The van der Waals surface area contributed by atoms with E-state index in [9.17, 15) is 8.78 Å². The first-order valence-corrected chi connectivity index (χ1v) is 5.06. The van der Waals surface area contributed by atoms with Crippen LogP contribution in [0.15, 0.2) is 24.4 Å². The van der Waals surface area contributed by atoms with Crippen molar-refractivity contribution in [2.75, 3.05) is 5.32 Å². The van der Waals surface area contributed by atoms with Gasteiger partial charge in [0.15, 0.2) is 0 Å². The zero-order valence-electron chi connectivity index (χ0n) is 9.41. The monoisotopic (exact) mass is 246 g/mol. The van der Waals surface area contributed by atoms with Crippen LogP contribution in [0.2, 0.25) is 0 Å². The molecular weight excluding hydrogens is 238 g/mol. The number of aryl methyl sites for hydroxylation is 1. The number of hydrogen-bond acceptors (Lipinski definition) is 4. The number of nitrogens with zero attached hydrogens (tertiary/aromatic N) is 3. The van der Waals surface area contributed by atoms with E-state index in [0.29, 0.717) is 0 Å². The SMILES string of the molecule is Cc1cc(F)c(Nc2nccc(C#N)n2)cc1F. The lowest BCUT2D eigenvalue weighted by Gasteiger charge is -2.07. The van der Waals surface area contributed by atoms with Crippen molar-refractivity contribution in [3.05, 3.63) is 47.3 Å². The van der Waals surface area contributed by atoms with Crippen molar-refractivity contribution in [3.63, 3.8) is 0 Å². The first kappa shape index (κ1) is 11.9. The predicted octanol–water partition coefficient (Wildman–Crippen LogP) is 2.68. The Morgan fingerprint density at radius 1 is 1.28 bits per heavy atom. The molecule has 1 aromatic carbocycles. The highest BCUT2D eigenvalue weighted by Crippen LogP contribution is 2.21. The molecule has 1 N–H and O–H groups in total. The zero-order chi connectivity index (χ0) is 13.1. The van der Waals surface area contributed by atoms with Gasteiger partial charge in [-0.1, -0.05) is 0 Å². The standard InChI is InChI=1S/C12H8F2N4/c1-7-4-10(14)11(5-9(7)13)18-12-16-3-2-8(6-15)17-12/h2-5H,1H3,(H,16,17,18). The summed E-state index contributed by atoms with van der Waals surface area (Å²) in [4.78, 5) is 7.62. The van der Waals surface area contributed by atoms with Crippen LogP contribution in [0.1, 0.15) is 11.3 Å². The van der Waals surface area contributed by atoms with Crippen molar-refractivity contribution in [1.82, 2.24) is 9.97 Å². The molecule has 0 amide bonds. The minimum absolute atomic E-state index is 0.0382. The van der Waals surface area contributed by atoms with Crippen LogP contribution < -0.4 is 5.32 Å². The summed E-state index contributed by atoms with van der Waals surface area (Å²) in [7, 11) is 0. The molecule has 0 spiro atoms. The van der Waals surface area contributed by atoms with Crippen molar-refractivity contribution in [2.24, 2.45) is 0 Å². The molecule has 90 valence electrons. The van der Waals surface area contributed by atoms with Crippen molar-refractivity contribution in [2.45, 2.75) is 6.92 Å². The number of rotatable bonds is 2. The molecule has 1 aromatic heterocycles. The van der Waals surface area contributed by atoms with Gasteiger partial charge in [0.2, 0.25) is 5.95 Å². The first-order chi connectivity index (χ1) is 8.60. The second kappa shape index (κ2) is 4.75. The molecule has 0 atom stereocenters. The fourth-order valence-corrected chi connectivity index (χ4v) is 1.34. The molecule has 1 heterocycles. The maximum absolute atomic E-state index is 13.5. The van der Waals surface area contributed by atoms with Crippen LogP contribution in [0.3, 0.4) is 0 Å². The molecule has 0 saturated heterocycles. The van der Waals surface area contributed by atoms with Crippen LogP contribution in [-0.4, -0.2) is 9.97 Å². The van der Waals surface area contributed by atoms with Gasteiger partial charge in [-0.2, -0.15) is 5.26 Å². The molecule has 2 aromatic rings. The van der Waals surface area contributed by atoms with E-state index in [1.807, 2.05) is 6.07 Å². The Balaban J connectivity index is 2.34. The van der Waals surface area contributed by atoms with E-state index in [1.54, 1.807) is 0 Å². The maximum atomic E-state index is 13.5. The van der Waals surface area contributed by atoms with E-state index in [-0.39, 0.29) is 22.9 Å². The van der Waals surface area contributed by atoms with Crippen LogP contribution in [0.25, 0.3) is 0 Å². The van der Waals surface area contributed by atoms with Crippen LogP contribution in [0.4, 0.5) is 20.4 Å². The lowest BCUT2D eigenvalue weighted by atomic mass is 10.2. The molecule has 0 unspecified atom stereocenters. The summed E-state index contributed by atoms with van der Waals surface area (Å²) in [5.41, 5.74) is 0.276. The number of hydrogen-bond donors (Lipinski definition) is 1. The summed E-state index contributed by atoms with van der Waals surface area (Å²) >= 11 is 0. The van der Waals surface area contributed by atoms with Crippen LogP contribution >= 0.6 is 0 Å². The third kappa shape index (κ3) is 2.40. The van der Waals surface area contributed by atoms with Crippen LogP contribution in [0, 0.1) is 29.9 Å². The Hall–Kier alpha value is -2.55. The number of anilines is 2. The highest BCUT2D eigenvalue weighted by molar-refractivity contribution is 5.55. The molecule has 2 rings (SSSR count). The molecule has 0 aliphatic rings. The quantitative estimate of drug-likeness (QED) is 0.884. The molecule has 4 nitrogen and oxygen atoms in total. The van der Waals surface area contributed by atoms with Gasteiger partial charge < -0.3 is 5.32 Å². The normalized spacial score (nSPS) is 9.89. The zero-order valence-corrected chi connectivity index (χ0v) is 9.41. The van der Waals surface area contributed by atoms with Gasteiger partial charge in [-0.25, -0.2) is 18.7 Å². The Kier molecular flexibility index (Phi) is 3.15. The summed E-state index contributed by atoms with van der Waals surface area (Å²) < 4.78 is 26.9. The van der Waals surface area contributed by atoms with Gasteiger partial charge >= 0.3 is 0 Å². The largest absolute Gasteiger partial charge is 0.322 e. The van der Waals surface area contributed by atoms with Gasteiger partial charge in [0.1, 0.15) is 23.4 Å². The molecule has 0 saturated carbocycles. The van der Waals surface area contributed by atoms with E-state index in [1.165, 1.54) is 19.2 Å². The van der Waals surface area contributed by atoms with Gasteiger partial charge in [-0.3, -0.25) is 0 Å². The topological polar surface area (TPSA) is 61.6 Å². The minimum Gasteiger partial charge on any atom is -0.322 e. The van der Waals surface area contributed by atoms with E-state index in [4.69, 9.17) is 5.26 Å². The third-order valence-corrected chi connectivity index (χ3v) is 2.26. The average molecular weight is 246 g/mol. The van der Waals surface area contributed by atoms with Gasteiger partial charge in [0.05, 0.1) is 5.69 Å². The number of nitriles is 1. The van der Waals surface area contributed by atoms with Crippen molar-refractivity contribution >= 4 is 11.6 Å². The lowest BCUT2D eigenvalue weighted by Crippen LogP contribution is -2.01.